The molecule has 132 heavy (non-hydrogen) atoms. The number of hydrogen-bond acceptors (Lipinski definition) is 32. The van der Waals surface area contributed by atoms with Gasteiger partial charge in [-0.3, -0.25) is 105 Å². The Morgan fingerprint density at radius 1 is 0.515 bits per heavy atom. The van der Waals surface area contributed by atoms with Crippen LogP contribution in [0.25, 0.3) is 11.2 Å². The van der Waals surface area contributed by atoms with E-state index >= 15 is 18.3 Å². The summed E-state index contributed by atoms with van der Waals surface area (Å²) in [5.74, 6) is -2.70. The molecule has 11 rings (SSSR count). The van der Waals surface area contributed by atoms with Gasteiger partial charge in [-0.25, -0.2) is 66.2 Å². The number of aryl methyl sites for hydroxylation is 3. The zero-order valence-corrected chi connectivity index (χ0v) is 80.4. The van der Waals surface area contributed by atoms with Gasteiger partial charge in [-0.15, -0.1) is 0 Å². The molecule has 732 valence electrons. The highest BCUT2D eigenvalue weighted by atomic mass is 31.2. The fourth-order valence-electron chi connectivity index (χ4n) is 15.3. The van der Waals surface area contributed by atoms with Gasteiger partial charge in [0.15, 0.2) is 42.0 Å². The minimum atomic E-state index is -4.60. The summed E-state index contributed by atoms with van der Waals surface area (Å²) in [7, 11) is -6.87. The number of anilines is 2. The molecule has 6 aromatic heterocycles. The minimum absolute atomic E-state index is 0.0585. The van der Waals surface area contributed by atoms with Gasteiger partial charge in [-0.2, -0.15) is 9.97 Å². The number of morpholine rings is 5. The molecule has 16 unspecified atom stereocenters. The van der Waals surface area contributed by atoms with Crippen molar-refractivity contribution in [3.8, 4) is 0 Å². The Hall–Kier alpha value is -9.06. The minimum Gasteiger partial charge on any atom is -0.383 e. The van der Waals surface area contributed by atoms with Crippen LogP contribution < -0.4 is 78.1 Å². The quantitative estimate of drug-likeness (QED) is 0.00823. The summed E-state index contributed by atoms with van der Waals surface area (Å²) in [6, 6.07) is 0.215. The van der Waals surface area contributed by atoms with Gasteiger partial charge in [0.25, 0.3) is 29.8 Å². The Balaban J connectivity index is 0.877. The first kappa shape index (κ1) is 103. The number of nitrogens with one attached hydrogen (secondary N) is 8. The number of aromatic nitrogens is 12. The lowest BCUT2D eigenvalue weighted by atomic mass is 10.1. The predicted molar refractivity (Wildman–Crippen MR) is 477 cm³/mol. The predicted octanol–water partition coefficient (Wildman–Crippen LogP) is -2.55. The number of imidazole rings is 1. The highest BCUT2D eigenvalue weighted by molar-refractivity contribution is 7.57. The van der Waals surface area contributed by atoms with E-state index in [1.165, 1.54) is 173 Å². The molecular weight excluding hydrogens is 1840 g/mol. The molecule has 16 atom stereocenters. The van der Waals surface area contributed by atoms with Gasteiger partial charge >= 0.3 is 53.4 Å². The first-order valence-electron chi connectivity index (χ1n) is 41.8. The van der Waals surface area contributed by atoms with Gasteiger partial charge in [0, 0.05) is 93.3 Å². The number of nitrogens with zero attached hydrogens (tertiary/aromatic N) is 18. The second-order valence-corrected chi connectivity index (χ2v) is 47.0. The molecule has 3 amide bonds. The number of nitrogen functional groups attached to an aromatic ring is 2. The first-order valence-corrected chi connectivity index (χ1v) is 49.6. The molecule has 5 saturated heterocycles. The van der Waals surface area contributed by atoms with E-state index in [1.54, 1.807) is 27.9 Å². The summed E-state index contributed by atoms with van der Waals surface area (Å²) in [6.45, 7) is 2.22. The van der Waals surface area contributed by atoms with Crippen LogP contribution in [0.1, 0.15) is 81.4 Å². The number of guanidine groups is 1. The molecule has 0 saturated carbocycles. The summed E-state index contributed by atoms with van der Waals surface area (Å²) < 4.78 is 162. The highest BCUT2D eigenvalue weighted by Gasteiger charge is 2.51. The number of fused-ring (bicyclic) bond motifs is 1. The Morgan fingerprint density at radius 2 is 0.894 bits per heavy atom. The van der Waals surface area contributed by atoms with E-state index < -0.39 is 233 Å². The van der Waals surface area contributed by atoms with E-state index in [0.29, 0.717) is 0 Å². The van der Waals surface area contributed by atoms with E-state index in [1.807, 2.05) is 0 Å². The number of hydrogen-bond donors (Lipinski definition) is 11. The third kappa shape index (κ3) is 23.7. The molecule has 5 aliphatic heterocycles. The van der Waals surface area contributed by atoms with Gasteiger partial charge in [0.05, 0.1) is 103 Å². The van der Waals surface area contributed by atoms with Crippen LogP contribution in [0, 0.1) is 26.2 Å². The van der Waals surface area contributed by atoms with E-state index in [0.717, 1.165) is 18.3 Å². The largest absolute Gasteiger partial charge is 0.383 e. The SMILES string of the molecule is CC(=O)NC(CCCNC(=N)N)C(=O)NCC(=O)N1CC(COP(=O)(N(C)C)N2CC(COP(=O)(N(C)C)N3CC(COP(=O)(N(C)C)N4CC(COP(=O)(N(C)C)N5CC(COP(=O)(C(C)C)N(C)C)OC(n6cc(C)c(=O)[nH]c6=O)C5)OC(n5cc(C)c(=O)[nH]c5=O)C4)OC(n4cnc5c(=O)[nH]c(N)nc54)C3)OC(n3cc(C)c(=O)[nH]c3=O)C2)OC(n2ccc(N)nc2=O)C1. The van der Waals surface area contributed by atoms with Crippen molar-refractivity contribution < 1.29 is 83.5 Å². The molecule has 0 aromatic carbocycles. The third-order valence-corrected chi connectivity index (χ3v) is 35.3. The van der Waals surface area contributed by atoms with E-state index in [9.17, 15) is 57.3 Å². The lowest BCUT2D eigenvalue weighted by Crippen LogP contribution is -2.55. The second kappa shape index (κ2) is 42.9. The number of aromatic amines is 4. The van der Waals surface area contributed by atoms with Crippen molar-refractivity contribution in [1.82, 2.24) is 121 Å². The van der Waals surface area contributed by atoms with Crippen LogP contribution in [0.15, 0.2) is 75.5 Å². The first-order chi connectivity index (χ1) is 61.9. The average molecular weight is 1960 g/mol. The summed E-state index contributed by atoms with van der Waals surface area (Å²) >= 11 is 0. The molecule has 55 nitrogen and oxygen atoms in total. The maximum absolute atomic E-state index is 16.5. The Morgan fingerprint density at radius 3 is 1.26 bits per heavy atom. The van der Waals surface area contributed by atoms with Crippen molar-refractivity contribution >= 4 is 84.8 Å². The number of rotatable bonds is 38. The Labute approximate surface area is 755 Å². The van der Waals surface area contributed by atoms with E-state index in [2.05, 4.69) is 50.8 Å². The van der Waals surface area contributed by atoms with Gasteiger partial charge in [0.1, 0.15) is 24.2 Å². The molecule has 14 N–H and O–H groups in total. The van der Waals surface area contributed by atoms with E-state index in [4.69, 9.17) is 68.9 Å². The molecular formula is C72H118N29O26P5. The van der Waals surface area contributed by atoms with Crippen molar-refractivity contribution in [3.63, 3.8) is 0 Å². The molecule has 5 fully saturated rings. The third-order valence-electron chi connectivity index (χ3n) is 22.2. The number of carbonyl (C=O) groups is 3. The van der Waals surface area contributed by atoms with Crippen molar-refractivity contribution in [3.05, 3.63) is 137 Å². The Bertz CT molecular complexity index is 5960. The lowest BCUT2D eigenvalue weighted by Gasteiger charge is -2.46. The van der Waals surface area contributed by atoms with Gasteiger partial charge in [-0.1, -0.05) is 13.8 Å². The number of amides is 3. The van der Waals surface area contributed by atoms with Crippen LogP contribution in [0.4, 0.5) is 11.8 Å². The second-order valence-electron chi connectivity index (χ2n) is 33.4. The van der Waals surface area contributed by atoms with Crippen LogP contribution in [-0.2, 0) is 83.5 Å². The van der Waals surface area contributed by atoms with Crippen LogP contribution in [0.2, 0.25) is 0 Å². The summed E-state index contributed by atoms with van der Waals surface area (Å²) in [5, 5.41) is 15.2. The van der Waals surface area contributed by atoms with Crippen LogP contribution >= 0.6 is 38.2 Å². The molecule has 6 aromatic rings. The van der Waals surface area contributed by atoms with Crippen molar-refractivity contribution in [2.75, 3.05) is 194 Å². The summed E-state index contributed by atoms with van der Waals surface area (Å²) in [5.41, 5.74) is 10.4. The zero-order chi connectivity index (χ0) is 96.9. The summed E-state index contributed by atoms with van der Waals surface area (Å²) in [6.07, 6.45) is -6.39. The molecule has 0 spiro atoms. The van der Waals surface area contributed by atoms with E-state index in [-0.39, 0.29) is 111 Å². The van der Waals surface area contributed by atoms with Gasteiger partial charge in [-0.05, 0) is 110 Å². The molecule has 0 bridgehead atoms. The molecule has 0 aliphatic carbocycles. The monoisotopic (exact) mass is 1960 g/mol. The lowest BCUT2D eigenvalue weighted by molar-refractivity contribution is -0.159. The van der Waals surface area contributed by atoms with Crippen LogP contribution in [-0.4, -0.2) is 353 Å². The maximum atomic E-state index is 16.5. The topological polar surface area (TPSA) is 662 Å². The molecule has 11 heterocycles. The number of ether oxygens (including phenoxy) is 5. The normalized spacial score (nSPS) is 24.3. The fourth-order valence-corrected chi connectivity index (χ4v) is 25.2. The average Bonchev–Trinajstić information content (AvgIpc) is 1.56. The molecule has 0 radical (unpaired) electrons. The highest BCUT2D eigenvalue weighted by Crippen LogP contribution is 2.61. The van der Waals surface area contributed by atoms with Gasteiger partial charge < -0.3 is 84.4 Å². The number of H-pyrrole nitrogens is 4. The smallest absolute Gasteiger partial charge is 0.351 e. The standard InChI is InChI=1S/C72H118N29O26P5/c1-42(2)128(113,87(7)8)118-36-48-27-93(32-56(124-48)98-23-43(3)62(104)84-70(98)110)130(115,89(11)12)120-38-50-29-95(34-58(126-50)100-25-45(5)64(106)86-72(100)112)131(116,90(13)14)122-40-51-30-96(35-59(127-51)101-41-79-60-61(101)82-68(76)83-66(60)108)132(117,91(15)16)121-39-49-28-94(33-57(125-49)99-24-44(4)63(105)85-71(99)111)129(114,88(9)10)119-37-47-26-92(31-55(123-47)97-21-19-53(73)81-69(97)109)54(103)22-78-65(107)52(80-46(6)102)18-17-20-77-67(74)75/h19,21,23-25,41-42,47-52,55-59H,17-18,20,22,26-40H2,1-16H3,(H,78,107)(H,80,102)(H2,73,81,109)(H4,74,75,77)(H,84,104,110)(H,85,105,111)(H,86,106,112)(H3,76,82,83,108). The fraction of sp³-hybridized carbons (Fsp3) is 0.653. The Kier molecular flexibility index (Phi) is 33.6. The number of nitrogens with two attached hydrogens (primary N) is 3. The van der Waals surface area contributed by atoms with Crippen molar-refractivity contribution in [2.24, 2.45) is 5.73 Å². The van der Waals surface area contributed by atoms with Crippen molar-refractivity contribution in [1.29, 1.82) is 5.41 Å². The van der Waals surface area contributed by atoms with Gasteiger partial charge in [0.2, 0.25) is 23.7 Å². The van der Waals surface area contributed by atoms with Crippen molar-refractivity contribution in [2.45, 2.75) is 128 Å². The number of carbonyl (C=O) groups excluding carboxylic acids is 3. The maximum Gasteiger partial charge on any atom is 0.351 e. The summed E-state index contributed by atoms with van der Waals surface area (Å²) in [4.78, 5) is 170. The molecule has 60 heteroatoms. The molecule has 5 aliphatic rings. The van der Waals surface area contributed by atoms with Crippen LogP contribution in [0.5, 0.6) is 0 Å². The zero-order valence-electron chi connectivity index (χ0n) is 76.0. The van der Waals surface area contributed by atoms with Crippen LogP contribution in [0.3, 0.4) is 0 Å².